The van der Waals surface area contributed by atoms with Gasteiger partial charge in [0.15, 0.2) is 5.65 Å². The molecule has 0 unspecified atom stereocenters. The van der Waals surface area contributed by atoms with E-state index in [9.17, 15) is 0 Å². The van der Waals surface area contributed by atoms with Crippen molar-refractivity contribution >= 4 is 5.65 Å². The number of hydrogen-bond donors (Lipinski definition) is 1. The summed E-state index contributed by atoms with van der Waals surface area (Å²) >= 11 is 0. The summed E-state index contributed by atoms with van der Waals surface area (Å²) in [5.74, 6) is 0. The van der Waals surface area contributed by atoms with Crippen LogP contribution in [0, 0.1) is 0 Å². The lowest BCUT2D eigenvalue weighted by molar-refractivity contribution is 0.831. The molecule has 0 amide bonds. The molecule has 5 heteroatoms. The minimum absolute atomic E-state index is 0.475. The van der Waals surface area contributed by atoms with Crippen molar-refractivity contribution in [3.05, 3.63) is 24.2 Å². The van der Waals surface area contributed by atoms with Gasteiger partial charge in [-0.05, 0) is 0 Å². The van der Waals surface area contributed by atoms with Crippen LogP contribution in [-0.2, 0) is 6.54 Å². The molecule has 0 aromatic carbocycles. The molecule has 5 nitrogen and oxygen atoms in total. The first-order valence-electron chi connectivity index (χ1n) is 3.25. The normalized spacial score (nSPS) is 10.6. The molecule has 0 atom stereocenters. The molecular weight excluding hydrogens is 142 g/mol. The van der Waals surface area contributed by atoms with Crippen molar-refractivity contribution in [3.8, 4) is 0 Å². The van der Waals surface area contributed by atoms with Crippen LogP contribution in [0.2, 0.25) is 0 Å². The van der Waals surface area contributed by atoms with Gasteiger partial charge in [-0.1, -0.05) is 5.21 Å². The van der Waals surface area contributed by atoms with Crippen LogP contribution < -0.4 is 5.73 Å². The maximum Gasteiger partial charge on any atom is 0.175 e. The van der Waals surface area contributed by atoms with Crippen molar-refractivity contribution in [1.29, 1.82) is 0 Å². The highest BCUT2D eigenvalue weighted by Crippen LogP contribution is 1.97. The van der Waals surface area contributed by atoms with Gasteiger partial charge in [-0.3, -0.25) is 0 Å². The van der Waals surface area contributed by atoms with Gasteiger partial charge in [-0.15, -0.1) is 5.10 Å². The second-order valence-electron chi connectivity index (χ2n) is 2.20. The van der Waals surface area contributed by atoms with Gasteiger partial charge in [0.2, 0.25) is 0 Å². The summed E-state index contributed by atoms with van der Waals surface area (Å²) in [6.45, 7) is 0.475. The van der Waals surface area contributed by atoms with E-state index in [0.29, 0.717) is 6.54 Å². The number of nitrogens with zero attached hydrogens (tertiary/aromatic N) is 4. The molecule has 2 aromatic rings. The summed E-state index contributed by atoms with van der Waals surface area (Å²) in [4.78, 5) is 4.07. The van der Waals surface area contributed by atoms with Crippen LogP contribution in [0.15, 0.2) is 18.6 Å². The van der Waals surface area contributed by atoms with E-state index in [0.717, 1.165) is 11.2 Å². The molecule has 0 spiro atoms. The Morgan fingerprint density at radius 3 is 3.18 bits per heavy atom. The largest absolute Gasteiger partial charge is 0.326 e. The summed E-state index contributed by atoms with van der Waals surface area (Å²) in [6.07, 6.45) is 5.13. The van der Waals surface area contributed by atoms with Crippen LogP contribution in [0.4, 0.5) is 0 Å². The van der Waals surface area contributed by atoms with Crippen molar-refractivity contribution in [2.24, 2.45) is 5.73 Å². The van der Waals surface area contributed by atoms with Crippen LogP contribution in [0.25, 0.3) is 5.65 Å². The average molecular weight is 149 g/mol. The molecule has 0 aliphatic rings. The minimum atomic E-state index is 0.475. The first-order valence-corrected chi connectivity index (χ1v) is 3.25. The zero-order chi connectivity index (χ0) is 7.68. The maximum absolute atomic E-state index is 5.41. The Bertz CT molecular complexity index is 366. The van der Waals surface area contributed by atoms with Crippen LogP contribution >= 0.6 is 0 Å². The second-order valence-corrected chi connectivity index (χ2v) is 2.20. The lowest BCUT2D eigenvalue weighted by Gasteiger charge is -1.94. The first-order chi connectivity index (χ1) is 5.40. The summed E-state index contributed by atoms with van der Waals surface area (Å²) in [6, 6.07) is 0. The third kappa shape index (κ3) is 0.947. The molecule has 2 rings (SSSR count). The molecule has 2 aromatic heterocycles. The minimum Gasteiger partial charge on any atom is -0.326 e. The van der Waals surface area contributed by atoms with E-state index in [4.69, 9.17) is 5.73 Å². The van der Waals surface area contributed by atoms with E-state index in [2.05, 4.69) is 15.3 Å². The second kappa shape index (κ2) is 2.28. The lowest BCUT2D eigenvalue weighted by atomic mass is 10.3. The molecule has 2 N–H and O–H groups in total. The summed E-state index contributed by atoms with van der Waals surface area (Å²) in [7, 11) is 0. The van der Waals surface area contributed by atoms with Gasteiger partial charge >= 0.3 is 0 Å². The number of hydrogen-bond acceptors (Lipinski definition) is 4. The molecule has 11 heavy (non-hydrogen) atoms. The number of fused-ring (bicyclic) bond motifs is 1. The molecule has 0 bridgehead atoms. The smallest absolute Gasteiger partial charge is 0.175 e. The quantitative estimate of drug-likeness (QED) is 0.598. The van der Waals surface area contributed by atoms with Crippen LogP contribution in [-0.4, -0.2) is 19.8 Å². The number of nitrogens with two attached hydrogens (primary N) is 1. The summed E-state index contributed by atoms with van der Waals surface area (Å²) in [5.41, 5.74) is 7.09. The number of aromatic nitrogens is 4. The highest BCUT2D eigenvalue weighted by Gasteiger charge is 1.95. The molecular formula is C6H7N5. The molecule has 0 fully saturated rings. The molecule has 2 heterocycles. The Kier molecular flexibility index (Phi) is 1.29. The first kappa shape index (κ1) is 6.23. The Labute approximate surface area is 62.9 Å². The Morgan fingerprint density at radius 1 is 1.45 bits per heavy atom. The molecule has 56 valence electrons. The van der Waals surface area contributed by atoms with Crippen molar-refractivity contribution in [1.82, 2.24) is 19.8 Å². The third-order valence-corrected chi connectivity index (χ3v) is 1.44. The van der Waals surface area contributed by atoms with Gasteiger partial charge in [0.25, 0.3) is 0 Å². The van der Waals surface area contributed by atoms with E-state index in [1.165, 1.54) is 0 Å². The molecule has 0 saturated heterocycles. The fourth-order valence-corrected chi connectivity index (χ4v) is 0.867. The third-order valence-electron chi connectivity index (χ3n) is 1.44. The SMILES string of the molecule is NCc1cnc2cnnn2c1. The van der Waals surface area contributed by atoms with E-state index in [1.807, 2.05) is 6.20 Å². The van der Waals surface area contributed by atoms with E-state index < -0.39 is 0 Å². The highest BCUT2D eigenvalue weighted by atomic mass is 15.4. The Morgan fingerprint density at radius 2 is 2.36 bits per heavy atom. The zero-order valence-electron chi connectivity index (χ0n) is 5.81. The van der Waals surface area contributed by atoms with Crippen LogP contribution in [0.1, 0.15) is 5.56 Å². The van der Waals surface area contributed by atoms with Gasteiger partial charge in [0.1, 0.15) is 0 Å². The van der Waals surface area contributed by atoms with Gasteiger partial charge in [-0.25, -0.2) is 9.50 Å². The van der Waals surface area contributed by atoms with Gasteiger partial charge in [0, 0.05) is 24.5 Å². The fraction of sp³-hybridized carbons (Fsp3) is 0.167. The van der Waals surface area contributed by atoms with Crippen molar-refractivity contribution < 1.29 is 0 Å². The predicted molar refractivity (Wildman–Crippen MR) is 38.7 cm³/mol. The Balaban J connectivity index is 2.67. The molecule has 0 aliphatic heterocycles. The molecule has 0 radical (unpaired) electrons. The van der Waals surface area contributed by atoms with Gasteiger partial charge in [-0.2, -0.15) is 0 Å². The highest BCUT2D eigenvalue weighted by molar-refractivity contribution is 5.32. The van der Waals surface area contributed by atoms with E-state index in [1.54, 1.807) is 16.9 Å². The standard InChI is InChI=1S/C6H7N5/c7-1-5-2-8-6-3-9-10-11(6)4-5/h2-4H,1,7H2. The van der Waals surface area contributed by atoms with E-state index >= 15 is 0 Å². The van der Waals surface area contributed by atoms with E-state index in [-0.39, 0.29) is 0 Å². The van der Waals surface area contributed by atoms with Crippen molar-refractivity contribution in [3.63, 3.8) is 0 Å². The molecule has 0 aliphatic carbocycles. The van der Waals surface area contributed by atoms with Gasteiger partial charge < -0.3 is 5.73 Å². The summed E-state index contributed by atoms with van der Waals surface area (Å²) < 4.78 is 1.60. The Hall–Kier alpha value is -1.49. The van der Waals surface area contributed by atoms with Crippen LogP contribution in [0.3, 0.4) is 0 Å². The van der Waals surface area contributed by atoms with Crippen LogP contribution in [0.5, 0.6) is 0 Å². The zero-order valence-corrected chi connectivity index (χ0v) is 5.81. The average Bonchev–Trinajstić information content (AvgIpc) is 2.50. The number of rotatable bonds is 1. The summed E-state index contributed by atoms with van der Waals surface area (Å²) in [5, 5.41) is 7.46. The fourth-order valence-electron chi connectivity index (χ4n) is 0.867. The van der Waals surface area contributed by atoms with Crippen molar-refractivity contribution in [2.45, 2.75) is 6.54 Å². The lowest BCUT2D eigenvalue weighted by Crippen LogP contribution is -2.00. The van der Waals surface area contributed by atoms with Crippen molar-refractivity contribution in [2.75, 3.05) is 0 Å². The monoisotopic (exact) mass is 149 g/mol. The molecule has 0 saturated carbocycles. The van der Waals surface area contributed by atoms with Gasteiger partial charge in [0.05, 0.1) is 6.20 Å². The predicted octanol–water partition coefficient (Wildman–Crippen LogP) is -0.417. The topological polar surface area (TPSA) is 69.1 Å². The maximum atomic E-state index is 5.41.